The van der Waals surface area contributed by atoms with Gasteiger partial charge in [-0.3, -0.25) is 13.9 Å². The summed E-state index contributed by atoms with van der Waals surface area (Å²) in [6.45, 7) is -0.271. The molecule has 0 amide bonds. The zero-order chi connectivity index (χ0) is 13.9. The van der Waals surface area contributed by atoms with Gasteiger partial charge in [-0.25, -0.2) is 13.6 Å². The SMILES string of the molecule is Cn1c(CNCC(O)C(F)F)cc(=O)n(C)c1=O. The van der Waals surface area contributed by atoms with Gasteiger partial charge in [0, 0.05) is 38.9 Å². The van der Waals surface area contributed by atoms with Crippen LogP contribution in [0, 0.1) is 0 Å². The zero-order valence-electron chi connectivity index (χ0n) is 10.1. The Morgan fingerprint density at radius 1 is 1.33 bits per heavy atom. The maximum Gasteiger partial charge on any atom is 0.330 e. The molecule has 0 aromatic carbocycles. The first-order chi connectivity index (χ1) is 8.34. The molecule has 0 radical (unpaired) electrons. The van der Waals surface area contributed by atoms with Gasteiger partial charge in [0.2, 0.25) is 0 Å². The van der Waals surface area contributed by atoms with Crippen molar-refractivity contribution in [1.82, 2.24) is 14.5 Å². The summed E-state index contributed by atoms with van der Waals surface area (Å²) in [5.74, 6) is 0. The monoisotopic (exact) mass is 263 g/mol. The predicted molar refractivity (Wildman–Crippen MR) is 60.6 cm³/mol. The van der Waals surface area contributed by atoms with Crippen LogP contribution in [0.5, 0.6) is 0 Å². The highest BCUT2D eigenvalue weighted by molar-refractivity contribution is 5.01. The molecule has 0 aliphatic rings. The molecule has 1 unspecified atom stereocenters. The number of rotatable bonds is 5. The molecular weight excluding hydrogens is 248 g/mol. The number of hydrogen-bond acceptors (Lipinski definition) is 4. The first kappa shape index (κ1) is 14.5. The number of nitrogens with one attached hydrogen (secondary N) is 1. The molecule has 0 aliphatic carbocycles. The van der Waals surface area contributed by atoms with E-state index in [4.69, 9.17) is 5.11 Å². The van der Waals surface area contributed by atoms with Crippen molar-refractivity contribution in [3.05, 3.63) is 32.6 Å². The Labute approximate surface area is 101 Å². The number of alkyl halides is 2. The summed E-state index contributed by atoms with van der Waals surface area (Å²) in [7, 11) is 2.82. The molecule has 0 spiro atoms. The quantitative estimate of drug-likeness (QED) is 0.699. The van der Waals surface area contributed by atoms with Crippen LogP contribution < -0.4 is 16.6 Å². The summed E-state index contributed by atoms with van der Waals surface area (Å²) in [5.41, 5.74) is -0.595. The Balaban J connectivity index is 2.75. The van der Waals surface area contributed by atoms with Crippen LogP contribution in [0.3, 0.4) is 0 Å². The van der Waals surface area contributed by atoms with Crippen molar-refractivity contribution in [3.8, 4) is 0 Å². The molecule has 1 atom stereocenters. The van der Waals surface area contributed by atoms with Crippen LogP contribution in [-0.4, -0.2) is 33.3 Å². The Kier molecular flexibility index (Phi) is 4.74. The van der Waals surface area contributed by atoms with Crippen LogP contribution in [0.15, 0.2) is 15.7 Å². The molecule has 0 saturated heterocycles. The number of hydrogen-bond donors (Lipinski definition) is 2. The molecule has 1 heterocycles. The lowest BCUT2D eigenvalue weighted by atomic mass is 10.3. The van der Waals surface area contributed by atoms with Crippen LogP contribution in [-0.2, 0) is 20.6 Å². The molecule has 0 bridgehead atoms. The number of halogens is 2. The molecule has 1 aromatic rings. The van der Waals surface area contributed by atoms with Crippen LogP contribution in [0.25, 0.3) is 0 Å². The smallest absolute Gasteiger partial charge is 0.330 e. The van der Waals surface area contributed by atoms with Gasteiger partial charge in [0.25, 0.3) is 12.0 Å². The fourth-order valence-electron chi connectivity index (χ4n) is 1.39. The third-order valence-electron chi connectivity index (χ3n) is 2.58. The Hall–Kier alpha value is -1.54. The van der Waals surface area contributed by atoms with Crippen LogP contribution in [0.1, 0.15) is 5.69 Å². The number of nitrogens with zero attached hydrogens (tertiary/aromatic N) is 2. The number of aliphatic hydroxyl groups excluding tert-OH is 1. The maximum absolute atomic E-state index is 12.0. The Morgan fingerprint density at radius 3 is 2.50 bits per heavy atom. The van der Waals surface area contributed by atoms with Crippen molar-refractivity contribution in [3.63, 3.8) is 0 Å². The van der Waals surface area contributed by atoms with E-state index in [0.29, 0.717) is 5.69 Å². The van der Waals surface area contributed by atoms with Gasteiger partial charge in [-0.05, 0) is 0 Å². The summed E-state index contributed by atoms with van der Waals surface area (Å²) >= 11 is 0. The normalized spacial score (nSPS) is 13.0. The minimum Gasteiger partial charge on any atom is -0.386 e. The molecular formula is C10H15F2N3O3. The molecule has 8 heteroatoms. The van der Waals surface area contributed by atoms with E-state index < -0.39 is 23.8 Å². The molecule has 18 heavy (non-hydrogen) atoms. The van der Waals surface area contributed by atoms with Crippen molar-refractivity contribution in [1.29, 1.82) is 0 Å². The molecule has 0 fully saturated rings. The highest BCUT2D eigenvalue weighted by Gasteiger charge is 2.16. The van der Waals surface area contributed by atoms with Gasteiger partial charge in [-0.15, -0.1) is 0 Å². The van der Waals surface area contributed by atoms with E-state index in [9.17, 15) is 18.4 Å². The van der Waals surface area contributed by atoms with Crippen molar-refractivity contribution in [2.24, 2.45) is 14.1 Å². The second-order valence-corrected chi connectivity index (χ2v) is 3.91. The van der Waals surface area contributed by atoms with E-state index in [1.807, 2.05) is 0 Å². The summed E-state index contributed by atoms with van der Waals surface area (Å²) < 4.78 is 26.2. The van der Waals surface area contributed by atoms with Crippen molar-refractivity contribution in [2.45, 2.75) is 19.1 Å². The largest absolute Gasteiger partial charge is 0.386 e. The standard InChI is InChI=1S/C10H15F2N3O3/c1-14-6(3-8(17)15(2)10(14)18)4-13-5-7(16)9(11)12/h3,7,9,13,16H,4-5H2,1-2H3. The van der Waals surface area contributed by atoms with E-state index in [-0.39, 0.29) is 13.1 Å². The van der Waals surface area contributed by atoms with Crippen molar-refractivity contribution >= 4 is 0 Å². The minimum atomic E-state index is -2.83. The van der Waals surface area contributed by atoms with Crippen LogP contribution in [0.2, 0.25) is 0 Å². The highest BCUT2D eigenvalue weighted by atomic mass is 19.3. The van der Waals surface area contributed by atoms with Gasteiger partial charge in [-0.1, -0.05) is 0 Å². The van der Waals surface area contributed by atoms with Crippen LogP contribution in [0.4, 0.5) is 8.78 Å². The average Bonchev–Trinajstić information content (AvgIpc) is 2.32. The summed E-state index contributed by atoms with van der Waals surface area (Å²) in [5, 5.41) is 11.4. The lowest BCUT2D eigenvalue weighted by Gasteiger charge is -2.13. The van der Waals surface area contributed by atoms with Gasteiger partial charge < -0.3 is 10.4 Å². The van der Waals surface area contributed by atoms with Crippen molar-refractivity contribution < 1.29 is 13.9 Å². The molecule has 1 rings (SSSR count). The minimum absolute atomic E-state index is 0.0472. The molecule has 0 saturated carbocycles. The van der Waals surface area contributed by atoms with Crippen molar-refractivity contribution in [2.75, 3.05) is 6.54 Å². The molecule has 2 N–H and O–H groups in total. The Morgan fingerprint density at radius 2 is 1.94 bits per heavy atom. The average molecular weight is 263 g/mol. The van der Waals surface area contributed by atoms with Gasteiger partial charge >= 0.3 is 5.69 Å². The lowest BCUT2D eigenvalue weighted by Crippen LogP contribution is -2.40. The predicted octanol–water partition coefficient (Wildman–Crippen LogP) is -1.20. The van der Waals surface area contributed by atoms with E-state index in [1.165, 1.54) is 24.7 Å². The third-order valence-corrected chi connectivity index (χ3v) is 2.58. The first-order valence-corrected chi connectivity index (χ1v) is 5.27. The van der Waals surface area contributed by atoms with E-state index in [0.717, 1.165) is 4.57 Å². The summed E-state index contributed by atoms with van der Waals surface area (Å²) in [6.07, 6.45) is -4.60. The highest BCUT2D eigenvalue weighted by Crippen LogP contribution is 1.99. The summed E-state index contributed by atoms with van der Waals surface area (Å²) in [6, 6.07) is 1.24. The van der Waals surface area contributed by atoms with Crippen LogP contribution >= 0.6 is 0 Å². The van der Waals surface area contributed by atoms with E-state index >= 15 is 0 Å². The van der Waals surface area contributed by atoms with Gasteiger partial charge in [0.15, 0.2) is 0 Å². The third kappa shape index (κ3) is 3.23. The van der Waals surface area contributed by atoms with E-state index in [1.54, 1.807) is 0 Å². The van der Waals surface area contributed by atoms with Gasteiger partial charge in [0.05, 0.1) is 0 Å². The molecule has 0 aliphatic heterocycles. The second-order valence-electron chi connectivity index (χ2n) is 3.91. The van der Waals surface area contributed by atoms with Gasteiger partial charge in [0.1, 0.15) is 6.10 Å². The van der Waals surface area contributed by atoms with E-state index in [2.05, 4.69) is 5.32 Å². The first-order valence-electron chi connectivity index (χ1n) is 5.27. The fraction of sp³-hybridized carbons (Fsp3) is 0.600. The Bertz CT molecular complexity index is 524. The number of aromatic nitrogens is 2. The fourth-order valence-corrected chi connectivity index (χ4v) is 1.39. The maximum atomic E-state index is 12.0. The molecule has 1 aromatic heterocycles. The molecule has 6 nitrogen and oxygen atoms in total. The lowest BCUT2D eigenvalue weighted by molar-refractivity contribution is -0.00347. The topological polar surface area (TPSA) is 76.3 Å². The zero-order valence-corrected chi connectivity index (χ0v) is 10.1. The summed E-state index contributed by atoms with van der Waals surface area (Å²) in [4.78, 5) is 22.9. The number of aliphatic hydroxyl groups is 1. The van der Waals surface area contributed by atoms with Gasteiger partial charge in [-0.2, -0.15) is 0 Å². The second kappa shape index (κ2) is 5.87. The molecule has 102 valence electrons.